The van der Waals surface area contributed by atoms with Crippen LogP contribution >= 0.6 is 18.7 Å². The van der Waals surface area contributed by atoms with Gasteiger partial charge in [0.1, 0.15) is 24.8 Å². The summed E-state index contributed by atoms with van der Waals surface area (Å²) in [5.74, 6) is -0.469. The lowest BCUT2D eigenvalue weighted by Crippen LogP contribution is -2.54. The molecule has 1 N–H and O–H groups in total. The molecule has 0 aliphatic carbocycles. The Morgan fingerprint density at radius 2 is 1.66 bits per heavy atom. The Morgan fingerprint density at radius 1 is 0.898 bits per heavy atom. The van der Waals surface area contributed by atoms with E-state index in [1.807, 2.05) is 30.3 Å². The molecular weight excluding hydrogens is 787 g/mol. The number of piperidine rings is 2. The maximum atomic E-state index is 13.4. The number of methoxy groups -OCH3 is 1. The van der Waals surface area contributed by atoms with E-state index in [-0.39, 0.29) is 18.7 Å². The van der Waals surface area contributed by atoms with Crippen LogP contribution in [0.25, 0.3) is 0 Å². The molecule has 1 atom stereocenters. The first-order chi connectivity index (χ1) is 28.3. The van der Waals surface area contributed by atoms with Crippen LogP contribution in [-0.4, -0.2) is 103 Å². The van der Waals surface area contributed by atoms with Crippen molar-refractivity contribution in [3.05, 3.63) is 111 Å². The number of anilines is 1. The van der Waals surface area contributed by atoms with Crippen LogP contribution < -0.4 is 20.3 Å². The molecule has 1 aromatic heterocycles. The van der Waals surface area contributed by atoms with Crippen molar-refractivity contribution < 1.29 is 28.5 Å². The van der Waals surface area contributed by atoms with E-state index >= 15 is 0 Å². The number of amides is 4. The summed E-state index contributed by atoms with van der Waals surface area (Å²) < 4.78 is 18.8. The number of nitrogens with one attached hydrogen (secondary N) is 1. The van der Waals surface area contributed by atoms with Crippen LogP contribution in [0.5, 0.6) is 5.75 Å². The Balaban J connectivity index is 0.881. The Kier molecular flexibility index (Phi) is 13.0. The quantitative estimate of drug-likeness (QED) is 0.0826. The first-order valence-corrected chi connectivity index (χ1v) is 23.4. The molecule has 12 nitrogen and oxygen atoms in total. The van der Waals surface area contributed by atoms with Gasteiger partial charge in [0.2, 0.25) is 11.8 Å². The fourth-order valence-electron chi connectivity index (χ4n) is 8.66. The number of aromatic nitrogens is 2. The molecule has 3 aliphatic rings. The number of hydrogen-bond donors (Lipinski definition) is 1. The van der Waals surface area contributed by atoms with E-state index in [1.165, 1.54) is 0 Å². The van der Waals surface area contributed by atoms with E-state index in [0.717, 1.165) is 90.1 Å². The predicted molar refractivity (Wildman–Crippen MR) is 230 cm³/mol. The van der Waals surface area contributed by atoms with Crippen molar-refractivity contribution >= 4 is 53.4 Å². The number of fused-ring (bicyclic) bond motifs is 1. The van der Waals surface area contributed by atoms with Crippen LogP contribution in [0.1, 0.15) is 93.9 Å². The highest BCUT2D eigenvalue weighted by Gasteiger charge is 2.45. The average Bonchev–Trinajstić information content (AvgIpc) is 3.47. The van der Waals surface area contributed by atoms with E-state index in [4.69, 9.17) is 21.3 Å². The number of unbranched alkanes of at least 4 members (excludes halogenated alkanes) is 2. The van der Waals surface area contributed by atoms with Crippen molar-refractivity contribution in [2.45, 2.75) is 76.3 Å². The normalized spacial score (nSPS) is 17.5. The van der Waals surface area contributed by atoms with Crippen molar-refractivity contribution in [3.8, 4) is 5.75 Å². The van der Waals surface area contributed by atoms with Crippen molar-refractivity contribution in [2.24, 2.45) is 0 Å². The monoisotopic (exact) mass is 838 g/mol. The molecule has 14 heteroatoms. The minimum absolute atomic E-state index is 0.0987. The molecule has 0 saturated carbocycles. The summed E-state index contributed by atoms with van der Waals surface area (Å²) in [6, 6.07) is 19.0. The van der Waals surface area contributed by atoms with Gasteiger partial charge in [-0.3, -0.25) is 29.4 Å². The SMILES string of the molecule is COc1cc(N2CCC(N(C)CCCCCc3cccc4c3C(=O)N(C3CCC(=O)NC3=O)C4=O)CC2)ccc1Cc1ncc(Cl)c(Cc2ccccc2P(C)(C)=O)n1. The van der Waals surface area contributed by atoms with Gasteiger partial charge in [0, 0.05) is 67.2 Å². The summed E-state index contributed by atoms with van der Waals surface area (Å²) in [5, 5.41) is 3.58. The van der Waals surface area contributed by atoms with E-state index in [9.17, 15) is 23.7 Å². The number of carbonyl (C=O) groups is 4. The molecule has 0 spiro atoms. The van der Waals surface area contributed by atoms with Gasteiger partial charge in [-0.05, 0) is 88.7 Å². The lowest BCUT2D eigenvalue weighted by atomic mass is 9.97. The van der Waals surface area contributed by atoms with Gasteiger partial charge < -0.3 is 19.1 Å². The number of rotatable bonds is 15. The van der Waals surface area contributed by atoms with Gasteiger partial charge in [0.05, 0.1) is 29.0 Å². The first-order valence-electron chi connectivity index (χ1n) is 20.4. The summed E-state index contributed by atoms with van der Waals surface area (Å²) in [7, 11) is 1.41. The fourth-order valence-corrected chi connectivity index (χ4v) is 10.1. The second-order valence-electron chi connectivity index (χ2n) is 16.2. The fraction of sp³-hybridized carbons (Fsp3) is 0.422. The molecule has 4 amide bonds. The maximum absolute atomic E-state index is 13.4. The highest BCUT2D eigenvalue weighted by Crippen LogP contribution is 2.37. The third-order valence-corrected chi connectivity index (χ3v) is 13.8. The number of benzene rings is 3. The number of carbonyl (C=O) groups excluding carboxylic acids is 4. The molecule has 3 aliphatic heterocycles. The van der Waals surface area contributed by atoms with E-state index in [1.54, 1.807) is 38.8 Å². The maximum Gasteiger partial charge on any atom is 0.262 e. The van der Waals surface area contributed by atoms with Gasteiger partial charge in [0.25, 0.3) is 11.8 Å². The van der Waals surface area contributed by atoms with E-state index < -0.39 is 30.9 Å². The third-order valence-electron chi connectivity index (χ3n) is 11.9. The van der Waals surface area contributed by atoms with Crippen LogP contribution in [0.4, 0.5) is 5.69 Å². The second kappa shape index (κ2) is 18.2. The summed E-state index contributed by atoms with van der Waals surface area (Å²) in [5.41, 5.74) is 5.32. The summed E-state index contributed by atoms with van der Waals surface area (Å²) in [6.45, 7) is 6.40. The molecule has 2 fully saturated rings. The summed E-state index contributed by atoms with van der Waals surface area (Å²) in [6.07, 6.45) is 8.48. The Bertz CT molecular complexity index is 2310. The van der Waals surface area contributed by atoms with E-state index in [2.05, 4.69) is 45.3 Å². The van der Waals surface area contributed by atoms with Gasteiger partial charge in [0.15, 0.2) is 0 Å². The highest BCUT2D eigenvalue weighted by atomic mass is 35.5. The molecule has 2 saturated heterocycles. The van der Waals surface area contributed by atoms with Crippen molar-refractivity contribution in [1.82, 2.24) is 25.1 Å². The molecule has 0 bridgehead atoms. The topological polar surface area (TPSA) is 142 Å². The molecule has 0 radical (unpaired) electrons. The predicted octanol–water partition coefficient (Wildman–Crippen LogP) is 6.28. The number of halogens is 1. The molecule has 59 heavy (non-hydrogen) atoms. The highest BCUT2D eigenvalue weighted by molar-refractivity contribution is 7.70. The molecule has 4 aromatic rings. The number of hydrogen-bond acceptors (Lipinski definition) is 10. The lowest BCUT2D eigenvalue weighted by Gasteiger charge is -2.38. The van der Waals surface area contributed by atoms with Crippen LogP contribution in [-0.2, 0) is 33.4 Å². The first kappa shape index (κ1) is 42.2. The Morgan fingerprint density at radius 3 is 2.41 bits per heavy atom. The van der Waals surface area contributed by atoms with Gasteiger partial charge >= 0.3 is 0 Å². The molecule has 310 valence electrons. The van der Waals surface area contributed by atoms with Gasteiger partial charge in [-0.25, -0.2) is 9.97 Å². The zero-order chi connectivity index (χ0) is 41.8. The minimum atomic E-state index is -2.48. The molecule has 1 unspecified atom stereocenters. The largest absolute Gasteiger partial charge is 0.496 e. The average molecular weight is 839 g/mol. The van der Waals surface area contributed by atoms with Crippen LogP contribution in [0, 0.1) is 0 Å². The molecule has 7 rings (SSSR count). The number of aryl methyl sites for hydroxylation is 1. The van der Waals surface area contributed by atoms with Gasteiger partial charge in [-0.2, -0.15) is 0 Å². The standard InChI is InChI=1S/C45H52ClN6O6P/c1-50(22-9-5-6-11-29-13-10-14-34-42(29)45(56)52(44(34)55)37-18-19-41(53)49-43(37)54)32-20-23-51(24-21-32)33-17-16-30(38(27-33)58-2)26-40-47-28-35(46)36(48-40)25-31-12-7-8-15-39(31)59(3,4)57/h7-8,10,12-17,27-28,32,37H,5-6,9,11,18-26H2,1-4H3,(H,49,53,54). The zero-order valence-corrected chi connectivity index (χ0v) is 35.9. The third kappa shape index (κ3) is 9.45. The zero-order valence-electron chi connectivity index (χ0n) is 34.2. The molecular formula is C45H52ClN6O6P. The Labute approximate surface area is 351 Å². The second-order valence-corrected chi connectivity index (χ2v) is 19.8. The van der Waals surface area contributed by atoms with Crippen molar-refractivity contribution in [3.63, 3.8) is 0 Å². The summed E-state index contributed by atoms with van der Waals surface area (Å²) >= 11 is 6.56. The van der Waals surface area contributed by atoms with Crippen LogP contribution in [0.15, 0.2) is 66.9 Å². The van der Waals surface area contributed by atoms with Crippen LogP contribution in [0.3, 0.4) is 0 Å². The van der Waals surface area contributed by atoms with Crippen molar-refractivity contribution in [1.29, 1.82) is 0 Å². The van der Waals surface area contributed by atoms with Gasteiger partial charge in [-0.15, -0.1) is 0 Å². The smallest absolute Gasteiger partial charge is 0.262 e. The van der Waals surface area contributed by atoms with Crippen molar-refractivity contribution in [2.75, 3.05) is 52.0 Å². The van der Waals surface area contributed by atoms with Gasteiger partial charge in [-0.1, -0.05) is 60.5 Å². The summed E-state index contributed by atoms with van der Waals surface area (Å²) in [4.78, 5) is 66.0. The number of ether oxygens (including phenoxy) is 1. The molecule has 3 aromatic carbocycles. The van der Waals surface area contributed by atoms with Crippen LogP contribution in [0.2, 0.25) is 5.02 Å². The number of imide groups is 2. The lowest BCUT2D eigenvalue weighted by molar-refractivity contribution is -0.136. The number of nitrogens with zero attached hydrogens (tertiary/aromatic N) is 5. The minimum Gasteiger partial charge on any atom is -0.496 e. The Hall–Kier alpha value is -4.90. The van der Waals surface area contributed by atoms with E-state index in [0.29, 0.717) is 53.0 Å². The molecule has 4 heterocycles.